The third-order valence-corrected chi connectivity index (χ3v) is 2.98. The van der Waals surface area contributed by atoms with Crippen molar-refractivity contribution in [2.24, 2.45) is 5.73 Å². The van der Waals surface area contributed by atoms with Crippen LogP contribution in [-0.4, -0.2) is 5.91 Å². The summed E-state index contributed by atoms with van der Waals surface area (Å²) >= 11 is 6.09. The fraction of sp³-hybridized carbons (Fsp3) is 0. The third-order valence-electron chi connectivity index (χ3n) is 2.69. The lowest BCUT2D eigenvalue weighted by molar-refractivity contribution is 0.100. The van der Waals surface area contributed by atoms with Crippen LogP contribution >= 0.6 is 11.6 Å². The maximum absolute atomic E-state index is 11.5. The van der Waals surface area contributed by atoms with Crippen molar-refractivity contribution in [3.05, 3.63) is 52.5 Å². The lowest BCUT2D eigenvalue weighted by Gasteiger charge is -2.14. The molecular weight excluding hydrogens is 276 g/mol. The lowest BCUT2D eigenvalue weighted by atomic mass is 10.1. The Kier molecular flexibility index (Phi) is 3.78. The van der Waals surface area contributed by atoms with E-state index in [4.69, 9.17) is 28.3 Å². The van der Waals surface area contributed by atoms with Crippen molar-refractivity contribution in [1.29, 1.82) is 5.26 Å². The van der Waals surface area contributed by atoms with E-state index in [1.165, 1.54) is 12.1 Å². The number of hydrogen-bond acceptors (Lipinski definition) is 4. The van der Waals surface area contributed by atoms with Crippen LogP contribution in [0.1, 0.15) is 15.9 Å². The van der Waals surface area contributed by atoms with E-state index >= 15 is 0 Å². The summed E-state index contributed by atoms with van der Waals surface area (Å²) in [6.45, 7) is 0. The van der Waals surface area contributed by atoms with Gasteiger partial charge in [-0.1, -0.05) is 23.7 Å². The minimum atomic E-state index is -0.656. The Bertz CT molecular complexity index is 722. The van der Waals surface area contributed by atoms with Crippen molar-refractivity contribution in [2.45, 2.75) is 0 Å². The van der Waals surface area contributed by atoms with Crippen LogP contribution < -0.4 is 16.8 Å². The summed E-state index contributed by atoms with van der Waals surface area (Å²) in [6, 6.07) is 11.8. The first-order valence-corrected chi connectivity index (χ1v) is 6.05. The molecule has 1 amide bonds. The molecule has 0 atom stereocenters. The van der Waals surface area contributed by atoms with E-state index in [2.05, 4.69) is 5.32 Å². The Morgan fingerprint density at radius 3 is 2.65 bits per heavy atom. The largest absolute Gasteiger partial charge is 0.399 e. The first-order valence-electron chi connectivity index (χ1n) is 5.68. The minimum absolute atomic E-state index is 0.169. The van der Waals surface area contributed by atoms with Crippen LogP contribution in [0.5, 0.6) is 0 Å². The van der Waals surface area contributed by atoms with E-state index in [9.17, 15) is 4.79 Å². The number of nitrogens with two attached hydrogens (primary N) is 2. The molecule has 0 aliphatic rings. The monoisotopic (exact) mass is 286 g/mol. The second kappa shape index (κ2) is 5.51. The summed E-state index contributed by atoms with van der Waals surface area (Å²) in [7, 11) is 0. The van der Waals surface area contributed by atoms with Crippen LogP contribution in [0.4, 0.5) is 17.1 Å². The van der Waals surface area contributed by atoms with Gasteiger partial charge in [0, 0.05) is 5.69 Å². The number of halogens is 1. The zero-order valence-corrected chi connectivity index (χ0v) is 11.1. The third kappa shape index (κ3) is 2.66. The van der Waals surface area contributed by atoms with Gasteiger partial charge in [-0.05, 0) is 24.3 Å². The van der Waals surface area contributed by atoms with Gasteiger partial charge in [-0.25, -0.2) is 0 Å². The Morgan fingerprint density at radius 1 is 1.30 bits per heavy atom. The Balaban J connectivity index is 2.54. The van der Waals surface area contributed by atoms with Crippen molar-refractivity contribution < 1.29 is 4.79 Å². The average molecular weight is 287 g/mol. The Labute approximate surface area is 120 Å². The Morgan fingerprint density at radius 2 is 2.00 bits per heavy atom. The number of anilines is 3. The lowest BCUT2D eigenvalue weighted by Crippen LogP contribution is -2.14. The van der Waals surface area contributed by atoms with Gasteiger partial charge in [0.05, 0.1) is 27.5 Å². The van der Waals surface area contributed by atoms with Gasteiger partial charge in [-0.3, -0.25) is 4.79 Å². The molecule has 0 unspecified atom stereocenters. The molecule has 20 heavy (non-hydrogen) atoms. The van der Waals surface area contributed by atoms with Gasteiger partial charge in [-0.2, -0.15) is 5.26 Å². The zero-order valence-electron chi connectivity index (χ0n) is 10.4. The molecule has 2 rings (SSSR count). The summed E-state index contributed by atoms with van der Waals surface area (Å²) in [5, 5.41) is 12.3. The van der Waals surface area contributed by atoms with Crippen LogP contribution in [0.3, 0.4) is 0 Å². The highest BCUT2D eigenvalue weighted by Gasteiger charge is 2.14. The second-order valence-corrected chi connectivity index (χ2v) is 4.48. The molecule has 100 valence electrons. The summed E-state index contributed by atoms with van der Waals surface area (Å²) in [5.41, 5.74) is 12.8. The molecule has 0 spiro atoms. The number of nitrogen functional groups attached to an aromatic ring is 1. The summed E-state index contributed by atoms with van der Waals surface area (Å²) < 4.78 is 0. The highest BCUT2D eigenvalue weighted by molar-refractivity contribution is 6.34. The molecule has 0 radical (unpaired) electrons. The number of nitrogens with zero attached hydrogens (tertiary/aromatic N) is 1. The standard InChI is InChI=1S/C14H11ClN4O/c15-11-6-9(17)5-10(14(18)20)13(11)19-12-4-2-1-3-8(12)7-16/h1-6,19H,17H2,(H2,18,20). The summed E-state index contributed by atoms with van der Waals surface area (Å²) in [4.78, 5) is 11.5. The van der Waals surface area contributed by atoms with Crippen LogP contribution in [0.15, 0.2) is 36.4 Å². The summed E-state index contributed by atoms with van der Waals surface area (Å²) in [5.74, 6) is -0.656. The topological polar surface area (TPSA) is 105 Å². The number of nitrogens with one attached hydrogen (secondary N) is 1. The highest BCUT2D eigenvalue weighted by atomic mass is 35.5. The number of hydrogen-bond donors (Lipinski definition) is 3. The van der Waals surface area contributed by atoms with Gasteiger partial charge in [0.15, 0.2) is 0 Å². The molecule has 0 heterocycles. The number of primary amides is 1. The van der Waals surface area contributed by atoms with E-state index in [1.54, 1.807) is 24.3 Å². The molecule has 0 fully saturated rings. The quantitative estimate of drug-likeness (QED) is 0.754. The molecule has 5 N–H and O–H groups in total. The van der Waals surface area contributed by atoms with Gasteiger partial charge in [0.1, 0.15) is 6.07 Å². The number of rotatable bonds is 3. The van der Waals surface area contributed by atoms with Gasteiger partial charge in [0.2, 0.25) is 0 Å². The van der Waals surface area contributed by atoms with Gasteiger partial charge in [-0.15, -0.1) is 0 Å². The number of carbonyl (C=O) groups is 1. The van der Waals surface area contributed by atoms with Gasteiger partial charge in [0.25, 0.3) is 5.91 Å². The predicted octanol–water partition coefficient (Wildman–Crippen LogP) is 2.64. The van der Waals surface area contributed by atoms with E-state index < -0.39 is 5.91 Å². The first kappa shape index (κ1) is 13.7. The van der Waals surface area contributed by atoms with Crippen LogP contribution in [-0.2, 0) is 0 Å². The molecule has 2 aromatic carbocycles. The molecule has 0 aromatic heterocycles. The Hall–Kier alpha value is -2.71. The maximum atomic E-state index is 11.5. The van der Waals surface area contributed by atoms with Crippen LogP contribution in [0.25, 0.3) is 0 Å². The van der Waals surface area contributed by atoms with Crippen molar-refractivity contribution in [2.75, 3.05) is 11.1 Å². The molecule has 0 aliphatic carbocycles. The number of nitriles is 1. The van der Waals surface area contributed by atoms with Crippen molar-refractivity contribution in [3.8, 4) is 6.07 Å². The van der Waals surface area contributed by atoms with Crippen molar-refractivity contribution in [1.82, 2.24) is 0 Å². The van der Waals surface area contributed by atoms with E-state index in [0.717, 1.165) is 0 Å². The second-order valence-electron chi connectivity index (χ2n) is 4.07. The predicted molar refractivity (Wildman–Crippen MR) is 78.8 cm³/mol. The van der Waals surface area contributed by atoms with Gasteiger partial charge < -0.3 is 16.8 Å². The van der Waals surface area contributed by atoms with E-state index in [-0.39, 0.29) is 10.6 Å². The molecule has 6 heteroatoms. The average Bonchev–Trinajstić information content (AvgIpc) is 2.41. The van der Waals surface area contributed by atoms with E-state index in [1.807, 2.05) is 6.07 Å². The zero-order chi connectivity index (χ0) is 14.7. The van der Waals surface area contributed by atoms with Crippen molar-refractivity contribution in [3.63, 3.8) is 0 Å². The molecule has 0 bridgehead atoms. The fourth-order valence-corrected chi connectivity index (χ4v) is 2.05. The number of benzene rings is 2. The van der Waals surface area contributed by atoms with Crippen LogP contribution in [0, 0.1) is 11.3 Å². The van der Waals surface area contributed by atoms with Gasteiger partial charge >= 0.3 is 0 Å². The molecule has 0 saturated heterocycles. The molecule has 2 aromatic rings. The minimum Gasteiger partial charge on any atom is -0.399 e. The normalized spacial score (nSPS) is 9.80. The fourth-order valence-electron chi connectivity index (χ4n) is 1.77. The number of amides is 1. The first-order chi connectivity index (χ1) is 9.52. The maximum Gasteiger partial charge on any atom is 0.250 e. The SMILES string of the molecule is N#Cc1ccccc1Nc1c(Cl)cc(N)cc1C(N)=O. The van der Waals surface area contributed by atoms with Crippen LogP contribution in [0.2, 0.25) is 5.02 Å². The molecule has 5 nitrogen and oxygen atoms in total. The van der Waals surface area contributed by atoms with Crippen molar-refractivity contribution >= 4 is 34.6 Å². The molecule has 0 saturated carbocycles. The highest BCUT2D eigenvalue weighted by Crippen LogP contribution is 2.32. The molecular formula is C14H11ClN4O. The number of para-hydroxylation sites is 1. The number of carbonyl (C=O) groups excluding carboxylic acids is 1. The summed E-state index contributed by atoms with van der Waals surface area (Å²) in [6.07, 6.45) is 0. The smallest absolute Gasteiger partial charge is 0.250 e. The van der Waals surface area contributed by atoms with E-state index in [0.29, 0.717) is 22.6 Å². The molecule has 0 aliphatic heterocycles.